The summed E-state index contributed by atoms with van der Waals surface area (Å²) in [6.45, 7) is 2.90. The number of amides is 1. The Morgan fingerprint density at radius 3 is 3.07 bits per heavy atom. The molecular formula is C10H20N2O3. The van der Waals surface area contributed by atoms with Crippen molar-refractivity contribution >= 4 is 5.91 Å². The van der Waals surface area contributed by atoms with Gasteiger partial charge in [-0.25, -0.2) is 0 Å². The van der Waals surface area contributed by atoms with Crippen molar-refractivity contribution in [2.75, 3.05) is 32.9 Å². The van der Waals surface area contributed by atoms with Gasteiger partial charge in [-0.05, 0) is 19.4 Å². The van der Waals surface area contributed by atoms with E-state index >= 15 is 0 Å². The summed E-state index contributed by atoms with van der Waals surface area (Å²) in [5.74, 6) is 0.160. The highest BCUT2D eigenvalue weighted by Crippen LogP contribution is 2.04. The predicted octanol–water partition coefficient (Wildman–Crippen LogP) is -0.746. The molecule has 0 aromatic rings. The zero-order valence-electron chi connectivity index (χ0n) is 9.00. The molecule has 1 rings (SSSR count). The Labute approximate surface area is 90.2 Å². The fourth-order valence-electron chi connectivity index (χ4n) is 1.57. The molecule has 1 amide bonds. The molecule has 3 N–H and O–H groups in total. The number of rotatable bonds is 8. The Hall–Kier alpha value is -0.650. The van der Waals surface area contributed by atoms with Crippen LogP contribution in [0.4, 0.5) is 0 Å². The van der Waals surface area contributed by atoms with E-state index in [-0.39, 0.29) is 12.5 Å². The van der Waals surface area contributed by atoms with Gasteiger partial charge in [0.05, 0.1) is 13.2 Å². The molecular weight excluding hydrogens is 196 g/mol. The van der Waals surface area contributed by atoms with Crippen molar-refractivity contribution in [2.45, 2.75) is 25.3 Å². The molecule has 0 bridgehead atoms. The highest BCUT2D eigenvalue weighted by atomic mass is 16.5. The number of nitrogens with one attached hydrogen (secondary N) is 2. The zero-order chi connectivity index (χ0) is 10.9. The number of carbonyl (C=O) groups excluding carboxylic acids is 1. The summed E-state index contributed by atoms with van der Waals surface area (Å²) in [4.78, 5) is 10.9. The maximum absolute atomic E-state index is 10.9. The van der Waals surface area contributed by atoms with Crippen molar-refractivity contribution in [3.05, 3.63) is 0 Å². The van der Waals surface area contributed by atoms with Gasteiger partial charge in [0.25, 0.3) is 0 Å². The summed E-state index contributed by atoms with van der Waals surface area (Å²) in [6.07, 6.45) is 2.53. The zero-order valence-corrected chi connectivity index (χ0v) is 9.00. The van der Waals surface area contributed by atoms with E-state index in [9.17, 15) is 4.79 Å². The van der Waals surface area contributed by atoms with E-state index in [4.69, 9.17) is 9.84 Å². The minimum absolute atomic E-state index is 0.0849. The molecule has 0 saturated carbocycles. The topological polar surface area (TPSA) is 70.6 Å². The van der Waals surface area contributed by atoms with Gasteiger partial charge < -0.3 is 20.5 Å². The summed E-state index contributed by atoms with van der Waals surface area (Å²) in [5.41, 5.74) is 0. The molecule has 1 aliphatic rings. The third-order valence-corrected chi connectivity index (χ3v) is 2.35. The summed E-state index contributed by atoms with van der Waals surface area (Å²) >= 11 is 0. The van der Waals surface area contributed by atoms with Crippen LogP contribution in [0, 0.1) is 0 Å². The Bertz CT molecular complexity index is 188. The molecule has 5 heteroatoms. The number of aliphatic hydroxyl groups is 1. The molecule has 88 valence electrons. The van der Waals surface area contributed by atoms with Gasteiger partial charge in [0.2, 0.25) is 5.91 Å². The fourth-order valence-corrected chi connectivity index (χ4v) is 1.57. The van der Waals surface area contributed by atoms with E-state index in [1.54, 1.807) is 0 Å². The number of hydrogen-bond acceptors (Lipinski definition) is 4. The van der Waals surface area contributed by atoms with Gasteiger partial charge in [-0.15, -0.1) is 0 Å². The molecule has 0 aromatic carbocycles. The molecule has 15 heavy (non-hydrogen) atoms. The lowest BCUT2D eigenvalue weighted by Crippen LogP contribution is -2.36. The fraction of sp³-hybridized carbons (Fsp3) is 0.900. The molecule has 1 aliphatic heterocycles. The standard InChI is InChI=1S/C10H20N2O3/c13-5-7-15-6-1-4-11-8-9-2-3-10(14)12-9/h9,11,13H,1-8H2,(H,12,14). The quantitative estimate of drug-likeness (QED) is 0.467. The second kappa shape index (κ2) is 7.62. The molecule has 0 aromatic heterocycles. The molecule has 5 nitrogen and oxygen atoms in total. The average molecular weight is 216 g/mol. The first kappa shape index (κ1) is 12.4. The van der Waals surface area contributed by atoms with Gasteiger partial charge in [-0.2, -0.15) is 0 Å². The van der Waals surface area contributed by atoms with Crippen molar-refractivity contribution < 1.29 is 14.6 Å². The number of hydrogen-bond donors (Lipinski definition) is 3. The van der Waals surface area contributed by atoms with Crippen LogP contribution >= 0.6 is 0 Å². The van der Waals surface area contributed by atoms with Crippen molar-refractivity contribution in [1.29, 1.82) is 0 Å². The van der Waals surface area contributed by atoms with Crippen LogP contribution in [-0.4, -0.2) is 50.0 Å². The van der Waals surface area contributed by atoms with Gasteiger partial charge in [0, 0.05) is 25.6 Å². The van der Waals surface area contributed by atoms with Gasteiger partial charge >= 0.3 is 0 Å². The second-order valence-electron chi connectivity index (χ2n) is 3.70. The first-order valence-electron chi connectivity index (χ1n) is 5.51. The van der Waals surface area contributed by atoms with Crippen LogP contribution in [0.25, 0.3) is 0 Å². The largest absolute Gasteiger partial charge is 0.394 e. The molecule has 1 heterocycles. The van der Waals surface area contributed by atoms with Crippen molar-refractivity contribution in [1.82, 2.24) is 10.6 Å². The van der Waals surface area contributed by atoms with Crippen molar-refractivity contribution in [2.24, 2.45) is 0 Å². The SMILES string of the molecule is O=C1CCC(CNCCCOCCO)N1. The minimum atomic E-state index is 0.0849. The smallest absolute Gasteiger partial charge is 0.220 e. The van der Waals surface area contributed by atoms with Crippen molar-refractivity contribution in [3.63, 3.8) is 0 Å². The Morgan fingerprint density at radius 2 is 2.40 bits per heavy atom. The van der Waals surface area contributed by atoms with Gasteiger partial charge in [-0.3, -0.25) is 4.79 Å². The van der Waals surface area contributed by atoms with Crippen LogP contribution in [0.1, 0.15) is 19.3 Å². The Morgan fingerprint density at radius 1 is 1.53 bits per heavy atom. The molecule has 1 fully saturated rings. The summed E-state index contributed by atoms with van der Waals surface area (Å²) < 4.78 is 5.11. The van der Waals surface area contributed by atoms with E-state index in [0.717, 1.165) is 25.9 Å². The molecule has 0 aliphatic carbocycles. The third kappa shape index (κ3) is 5.71. The highest BCUT2D eigenvalue weighted by Gasteiger charge is 2.19. The number of ether oxygens (including phenoxy) is 1. The molecule has 0 radical (unpaired) electrons. The van der Waals surface area contributed by atoms with Crippen LogP contribution in [0.3, 0.4) is 0 Å². The lowest BCUT2D eigenvalue weighted by Gasteiger charge is -2.10. The molecule has 1 unspecified atom stereocenters. The molecule has 1 atom stereocenters. The van der Waals surface area contributed by atoms with Crippen LogP contribution in [0.15, 0.2) is 0 Å². The Kier molecular flexibility index (Phi) is 6.31. The minimum Gasteiger partial charge on any atom is -0.394 e. The second-order valence-corrected chi connectivity index (χ2v) is 3.70. The third-order valence-electron chi connectivity index (χ3n) is 2.35. The van der Waals surface area contributed by atoms with Crippen molar-refractivity contribution in [3.8, 4) is 0 Å². The van der Waals surface area contributed by atoms with E-state index in [1.165, 1.54) is 0 Å². The summed E-state index contributed by atoms with van der Waals surface area (Å²) in [6, 6.07) is 0.302. The van der Waals surface area contributed by atoms with E-state index in [1.807, 2.05) is 0 Å². The number of aliphatic hydroxyl groups excluding tert-OH is 1. The Balaban J connectivity index is 1.83. The van der Waals surface area contributed by atoms with Gasteiger partial charge in [-0.1, -0.05) is 0 Å². The van der Waals surface area contributed by atoms with Gasteiger partial charge in [0.1, 0.15) is 0 Å². The molecule has 0 spiro atoms. The first-order chi connectivity index (χ1) is 7.33. The van der Waals surface area contributed by atoms with Crippen LogP contribution in [-0.2, 0) is 9.53 Å². The van der Waals surface area contributed by atoms with Gasteiger partial charge in [0.15, 0.2) is 0 Å². The van der Waals surface area contributed by atoms with E-state index in [2.05, 4.69) is 10.6 Å². The average Bonchev–Trinajstić information content (AvgIpc) is 2.63. The summed E-state index contributed by atoms with van der Waals surface area (Å²) in [7, 11) is 0. The van der Waals surface area contributed by atoms with E-state index in [0.29, 0.717) is 25.7 Å². The number of carbonyl (C=O) groups is 1. The maximum atomic E-state index is 10.9. The molecule has 1 saturated heterocycles. The lowest BCUT2D eigenvalue weighted by atomic mass is 10.2. The summed E-state index contributed by atoms with van der Waals surface area (Å²) in [5, 5.41) is 14.6. The van der Waals surface area contributed by atoms with Crippen LogP contribution in [0.2, 0.25) is 0 Å². The maximum Gasteiger partial charge on any atom is 0.220 e. The first-order valence-corrected chi connectivity index (χ1v) is 5.51. The predicted molar refractivity (Wildman–Crippen MR) is 56.6 cm³/mol. The van der Waals surface area contributed by atoms with E-state index < -0.39 is 0 Å². The monoisotopic (exact) mass is 216 g/mol. The normalized spacial score (nSPS) is 20.6. The van der Waals surface area contributed by atoms with Crippen LogP contribution < -0.4 is 10.6 Å². The lowest BCUT2D eigenvalue weighted by molar-refractivity contribution is -0.119. The highest BCUT2D eigenvalue weighted by molar-refractivity contribution is 5.78. The van der Waals surface area contributed by atoms with Crippen LogP contribution in [0.5, 0.6) is 0 Å².